The summed E-state index contributed by atoms with van der Waals surface area (Å²) < 4.78 is 28.7. The molecule has 1 heterocycles. The fourth-order valence-corrected chi connectivity index (χ4v) is 7.60. The Labute approximate surface area is 234 Å². The zero-order valence-corrected chi connectivity index (χ0v) is 23.8. The summed E-state index contributed by atoms with van der Waals surface area (Å²) in [6.07, 6.45) is 2.54. The molecule has 5 atom stereocenters. The Kier molecular flexibility index (Phi) is 8.77. The highest BCUT2D eigenvalue weighted by atomic mass is 35.5. The molecular formula is C28H34Cl2N2O5S. The average molecular weight is 582 g/mol. The zero-order valence-electron chi connectivity index (χ0n) is 21.5. The lowest BCUT2D eigenvalue weighted by atomic mass is 9.66. The number of sulfonamides is 1. The van der Waals surface area contributed by atoms with Crippen molar-refractivity contribution in [1.29, 1.82) is 0 Å². The van der Waals surface area contributed by atoms with Gasteiger partial charge in [-0.3, -0.25) is 9.59 Å². The fourth-order valence-electron chi connectivity index (χ4n) is 5.63. The number of amides is 1. The van der Waals surface area contributed by atoms with E-state index < -0.39 is 33.5 Å². The summed E-state index contributed by atoms with van der Waals surface area (Å²) in [5, 5.41) is 13.5. The molecular weight excluding hydrogens is 547 g/mol. The largest absolute Gasteiger partial charge is 0.481 e. The number of nitrogens with one attached hydrogen (secondary N) is 2. The third-order valence-electron chi connectivity index (χ3n) is 7.86. The molecule has 0 spiro atoms. The lowest BCUT2D eigenvalue weighted by Gasteiger charge is -2.46. The van der Waals surface area contributed by atoms with Crippen molar-refractivity contribution in [2.45, 2.75) is 75.6 Å². The SMILES string of the molecule is CC(NS(=O)(=O)C1CC1)[C@@H](CCc1ccc(Cl)cc1)[C@H]1NC(=O)[C@](C)(CC(=O)O)C[C@@H]1c1cccc(Cl)c1. The molecule has 3 N–H and O–H groups in total. The predicted molar refractivity (Wildman–Crippen MR) is 149 cm³/mol. The number of aryl methyl sites for hydroxylation is 1. The van der Waals surface area contributed by atoms with Crippen LogP contribution in [0.5, 0.6) is 0 Å². The Bertz CT molecular complexity index is 1280. The van der Waals surface area contributed by atoms with Crippen molar-refractivity contribution < 1.29 is 23.1 Å². The number of benzene rings is 2. The van der Waals surface area contributed by atoms with Crippen molar-refractivity contribution in [2.75, 3.05) is 0 Å². The van der Waals surface area contributed by atoms with Gasteiger partial charge >= 0.3 is 5.97 Å². The van der Waals surface area contributed by atoms with Gasteiger partial charge < -0.3 is 10.4 Å². The summed E-state index contributed by atoms with van der Waals surface area (Å²) in [6, 6.07) is 14.0. The molecule has 1 unspecified atom stereocenters. The molecule has 0 bridgehead atoms. The van der Waals surface area contributed by atoms with Crippen LogP contribution in [0.1, 0.15) is 63.0 Å². The first-order valence-electron chi connectivity index (χ1n) is 12.9. The molecule has 10 heteroatoms. The highest BCUT2D eigenvalue weighted by Crippen LogP contribution is 2.44. The van der Waals surface area contributed by atoms with Crippen LogP contribution in [0, 0.1) is 11.3 Å². The van der Waals surface area contributed by atoms with Crippen molar-refractivity contribution in [3.63, 3.8) is 0 Å². The van der Waals surface area contributed by atoms with E-state index in [0.29, 0.717) is 42.1 Å². The van der Waals surface area contributed by atoms with Crippen LogP contribution in [0.3, 0.4) is 0 Å². The van der Waals surface area contributed by atoms with E-state index in [1.807, 2.05) is 49.4 Å². The highest BCUT2D eigenvalue weighted by Gasteiger charge is 2.49. The van der Waals surface area contributed by atoms with E-state index in [1.165, 1.54) is 0 Å². The van der Waals surface area contributed by atoms with Gasteiger partial charge in [0.25, 0.3) is 0 Å². The van der Waals surface area contributed by atoms with E-state index in [0.717, 1.165) is 11.1 Å². The Hall–Kier alpha value is -2.13. The summed E-state index contributed by atoms with van der Waals surface area (Å²) in [5.74, 6) is -1.92. The number of hydrogen-bond donors (Lipinski definition) is 3. The molecule has 2 aromatic carbocycles. The maximum absolute atomic E-state index is 13.4. The standard InChI is InChI=1S/C28H34Cl2N2O5S/c1-17(32-38(36,37)22-11-12-22)23(13-8-18-6-9-20(29)10-7-18)26-24(19-4-3-5-21(30)14-19)15-28(2,16-25(33)34)27(35)31-26/h3-7,9-10,14,17,22-24,26,32H,8,11-13,15-16H2,1-2H3,(H,31,35)(H,33,34)/t17?,23-,24-,26-,28+/m1/s1. The molecule has 1 saturated heterocycles. The van der Waals surface area contributed by atoms with Crippen molar-refractivity contribution in [3.05, 3.63) is 69.7 Å². The van der Waals surface area contributed by atoms with E-state index >= 15 is 0 Å². The maximum atomic E-state index is 13.4. The van der Waals surface area contributed by atoms with Gasteiger partial charge in [0, 0.05) is 28.0 Å². The number of carboxylic acid groups (broad SMARTS) is 1. The van der Waals surface area contributed by atoms with Gasteiger partial charge in [-0.05, 0) is 80.3 Å². The van der Waals surface area contributed by atoms with Gasteiger partial charge in [-0.15, -0.1) is 0 Å². The molecule has 2 aromatic rings. The molecule has 206 valence electrons. The second-order valence-corrected chi connectivity index (χ2v) is 13.8. The molecule has 1 aliphatic carbocycles. The van der Waals surface area contributed by atoms with Gasteiger partial charge in [-0.2, -0.15) is 0 Å². The zero-order chi connectivity index (χ0) is 27.7. The number of rotatable bonds is 11. The topological polar surface area (TPSA) is 113 Å². The minimum Gasteiger partial charge on any atom is -0.481 e. The van der Waals surface area contributed by atoms with Crippen LogP contribution >= 0.6 is 23.2 Å². The van der Waals surface area contributed by atoms with Gasteiger partial charge in [-0.1, -0.05) is 54.4 Å². The molecule has 2 aliphatic rings. The highest BCUT2D eigenvalue weighted by molar-refractivity contribution is 7.90. The molecule has 38 heavy (non-hydrogen) atoms. The second-order valence-electron chi connectivity index (χ2n) is 11.0. The third kappa shape index (κ3) is 6.89. The number of halogens is 2. The molecule has 1 saturated carbocycles. The summed E-state index contributed by atoms with van der Waals surface area (Å²) in [4.78, 5) is 25.1. The van der Waals surface area contributed by atoms with Gasteiger partial charge in [0.15, 0.2) is 0 Å². The average Bonchev–Trinajstić information content (AvgIpc) is 3.68. The fraction of sp³-hybridized carbons (Fsp3) is 0.500. The summed E-state index contributed by atoms with van der Waals surface area (Å²) in [5.41, 5.74) is 0.814. The molecule has 7 nitrogen and oxygen atoms in total. The quantitative estimate of drug-likeness (QED) is 0.339. The number of carbonyl (C=O) groups is 2. The van der Waals surface area contributed by atoms with E-state index in [1.54, 1.807) is 13.0 Å². The smallest absolute Gasteiger partial charge is 0.304 e. The van der Waals surface area contributed by atoms with Crippen molar-refractivity contribution in [3.8, 4) is 0 Å². The van der Waals surface area contributed by atoms with E-state index in [2.05, 4.69) is 10.0 Å². The third-order valence-corrected chi connectivity index (χ3v) is 10.4. The first-order valence-corrected chi connectivity index (χ1v) is 15.2. The molecule has 0 aromatic heterocycles. The van der Waals surface area contributed by atoms with Gasteiger partial charge in [-0.25, -0.2) is 13.1 Å². The first kappa shape index (κ1) is 28.9. The number of carboxylic acids is 1. The van der Waals surface area contributed by atoms with Gasteiger partial charge in [0.1, 0.15) is 0 Å². The Balaban J connectivity index is 1.70. The van der Waals surface area contributed by atoms with Crippen molar-refractivity contribution >= 4 is 45.1 Å². The van der Waals surface area contributed by atoms with Gasteiger partial charge in [0.05, 0.1) is 17.1 Å². The molecule has 0 radical (unpaired) electrons. The van der Waals surface area contributed by atoms with E-state index in [-0.39, 0.29) is 29.4 Å². The van der Waals surface area contributed by atoms with Crippen LogP contribution in [0.2, 0.25) is 10.0 Å². The lowest BCUT2D eigenvalue weighted by molar-refractivity contribution is -0.147. The number of hydrogen-bond acceptors (Lipinski definition) is 4. The van der Waals surface area contributed by atoms with E-state index in [4.69, 9.17) is 23.2 Å². The molecule has 1 amide bonds. The first-order chi connectivity index (χ1) is 17.9. The Morgan fingerprint density at radius 3 is 2.45 bits per heavy atom. The van der Waals surface area contributed by atoms with Crippen LogP contribution in [-0.4, -0.2) is 42.7 Å². The summed E-state index contributed by atoms with van der Waals surface area (Å²) >= 11 is 12.4. The van der Waals surface area contributed by atoms with Crippen molar-refractivity contribution in [2.24, 2.45) is 11.3 Å². The van der Waals surface area contributed by atoms with Crippen LogP contribution in [-0.2, 0) is 26.0 Å². The van der Waals surface area contributed by atoms with E-state index in [9.17, 15) is 23.1 Å². The minimum atomic E-state index is -3.48. The molecule has 4 rings (SSSR count). The number of aliphatic carboxylic acids is 1. The number of carbonyl (C=O) groups excluding carboxylic acids is 1. The minimum absolute atomic E-state index is 0.265. The maximum Gasteiger partial charge on any atom is 0.304 e. The Morgan fingerprint density at radius 2 is 1.84 bits per heavy atom. The van der Waals surface area contributed by atoms with Crippen LogP contribution in [0.15, 0.2) is 48.5 Å². The van der Waals surface area contributed by atoms with Gasteiger partial charge in [0.2, 0.25) is 15.9 Å². The molecule has 2 fully saturated rings. The molecule has 1 aliphatic heterocycles. The Morgan fingerprint density at radius 1 is 1.16 bits per heavy atom. The second kappa shape index (κ2) is 11.5. The van der Waals surface area contributed by atoms with Crippen LogP contribution in [0.25, 0.3) is 0 Å². The van der Waals surface area contributed by atoms with Crippen LogP contribution in [0.4, 0.5) is 0 Å². The van der Waals surface area contributed by atoms with Crippen LogP contribution < -0.4 is 10.0 Å². The summed E-state index contributed by atoms with van der Waals surface area (Å²) in [6.45, 7) is 3.52. The monoisotopic (exact) mass is 580 g/mol. The summed E-state index contributed by atoms with van der Waals surface area (Å²) in [7, 11) is -3.48. The predicted octanol–water partition coefficient (Wildman–Crippen LogP) is 5.17. The number of piperidine rings is 1. The lowest BCUT2D eigenvalue weighted by Crippen LogP contribution is -2.59. The van der Waals surface area contributed by atoms with Crippen molar-refractivity contribution in [1.82, 2.24) is 10.0 Å². The normalized spacial score (nSPS) is 25.4.